The lowest BCUT2D eigenvalue weighted by Crippen LogP contribution is -2.30. The number of rotatable bonds is 6. The molecule has 0 saturated carbocycles. The minimum absolute atomic E-state index is 0.0586. The van der Waals surface area contributed by atoms with Crippen molar-refractivity contribution in [3.8, 4) is 11.3 Å². The third-order valence-electron chi connectivity index (χ3n) is 4.33. The highest BCUT2D eigenvalue weighted by Crippen LogP contribution is 2.33. The Morgan fingerprint density at radius 2 is 2.19 bits per heavy atom. The zero-order valence-corrected chi connectivity index (χ0v) is 16.0. The predicted octanol–water partition coefficient (Wildman–Crippen LogP) is 4.01. The molecule has 0 radical (unpaired) electrons. The summed E-state index contributed by atoms with van der Waals surface area (Å²) in [4.78, 5) is 16.9. The molecule has 27 heavy (non-hydrogen) atoms. The van der Waals surface area contributed by atoms with E-state index >= 15 is 0 Å². The van der Waals surface area contributed by atoms with Crippen LogP contribution in [0.5, 0.6) is 0 Å². The lowest BCUT2D eigenvalue weighted by Gasteiger charge is -2.14. The van der Waals surface area contributed by atoms with Gasteiger partial charge in [-0.1, -0.05) is 29.7 Å². The van der Waals surface area contributed by atoms with Gasteiger partial charge >= 0.3 is 0 Å². The quantitative estimate of drug-likeness (QED) is 0.690. The molecule has 2 heterocycles. The Balaban J connectivity index is 1.76. The van der Waals surface area contributed by atoms with Gasteiger partial charge < -0.3 is 14.4 Å². The lowest BCUT2D eigenvalue weighted by molar-refractivity contribution is 0.0946. The normalized spacial score (nSPS) is 12.2. The molecule has 6 nitrogen and oxygen atoms in total. The second kappa shape index (κ2) is 7.92. The molecule has 0 saturated heterocycles. The van der Waals surface area contributed by atoms with Crippen molar-refractivity contribution in [2.45, 2.75) is 27.3 Å². The third-order valence-corrected chi connectivity index (χ3v) is 4.65. The van der Waals surface area contributed by atoms with Crippen LogP contribution in [0.1, 0.15) is 28.9 Å². The fourth-order valence-electron chi connectivity index (χ4n) is 2.89. The van der Waals surface area contributed by atoms with E-state index < -0.39 is 5.82 Å². The van der Waals surface area contributed by atoms with Crippen molar-refractivity contribution in [1.82, 2.24) is 20.0 Å². The van der Waals surface area contributed by atoms with Gasteiger partial charge in [-0.25, -0.2) is 9.37 Å². The SMILES string of the molecule is Cc1onc(-c2c(F)cccc2Cl)c1C(=O)NCC(C)Cn1ccnc1C. The Bertz CT molecular complexity index is 946. The molecule has 1 atom stereocenters. The van der Waals surface area contributed by atoms with Crippen LogP contribution in [0.15, 0.2) is 35.1 Å². The van der Waals surface area contributed by atoms with E-state index in [-0.39, 0.29) is 33.7 Å². The zero-order chi connectivity index (χ0) is 19.6. The summed E-state index contributed by atoms with van der Waals surface area (Å²) in [6.07, 6.45) is 3.64. The molecule has 1 amide bonds. The van der Waals surface area contributed by atoms with E-state index in [1.54, 1.807) is 19.2 Å². The Morgan fingerprint density at radius 3 is 2.85 bits per heavy atom. The summed E-state index contributed by atoms with van der Waals surface area (Å²) in [5.74, 6) is 0.452. The zero-order valence-electron chi connectivity index (χ0n) is 15.3. The van der Waals surface area contributed by atoms with Crippen molar-refractivity contribution in [2.75, 3.05) is 6.54 Å². The molecule has 0 aliphatic carbocycles. The molecule has 1 aromatic carbocycles. The first-order valence-electron chi connectivity index (χ1n) is 8.55. The maximum Gasteiger partial charge on any atom is 0.257 e. The van der Waals surface area contributed by atoms with Crippen LogP contribution in [0.25, 0.3) is 11.3 Å². The van der Waals surface area contributed by atoms with Crippen LogP contribution in [-0.4, -0.2) is 27.2 Å². The van der Waals surface area contributed by atoms with Gasteiger partial charge in [-0.15, -0.1) is 0 Å². The molecule has 0 fully saturated rings. The van der Waals surface area contributed by atoms with Gasteiger partial charge in [-0.05, 0) is 31.9 Å². The molecule has 0 spiro atoms. The van der Waals surface area contributed by atoms with E-state index in [0.29, 0.717) is 12.3 Å². The number of halogens is 2. The Labute approximate surface area is 161 Å². The monoisotopic (exact) mass is 390 g/mol. The summed E-state index contributed by atoms with van der Waals surface area (Å²) in [7, 11) is 0. The number of hydrogen-bond donors (Lipinski definition) is 1. The van der Waals surface area contributed by atoms with Crippen molar-refractivity contribution in [3.05, 3.63) is 58.6 Å². The molecule has 0 bridgehead atoms. The molecule has 142 valence electrons. The van der Waals surface area contributed by atoms with Gasteiger partial charge in [0.05, 0.1) is 10.6 Å². The van der Waals surface area contributed by atoms with Gasteiger partial charge in [0.1, 0.15) is 28.7 Å². The Morgan fingerprint density at radius 1 is 1.41 bits per heavy atom. The first-order valence-corrected chi connectivity index (χ1v) is 8.92. The highest BCUT2D eigenvalue weighted by atomic mass is 35.5. The number of benzene rings is 1. The number of carbonyl (C=O) groups is 1. The average Bonchev–Trinajstić information content (AvgIpc) is 3.19. The molecule has 3 aromatic rings. The van der Waals surface area contributed by atoms with E-state index in [1.807, 2.05) is 24.6 Å². The molecule has 3 rings (SSSR count). The van der Waals surface area contributed by atoms with Crippen molar-refractivity contribution < 1.29 is 13.7 Å². The van der Waals surface area contributed by atoms with Crippen LogP contribution in [0, 0.1) is 25.6 Å². The van der Waals surface area contributed by atoms with E-state index in [0.717, 1.165) is 12.4 Å². The van der Waals surface area contributed by atoms with E-state index in [4.69, 9.17) is 16.1 Å². The summed E-state index contributed by atoms with van der Waals surface area (Å²) < 4.78 is 21.4. The van der Waals surface area contributed by atoms with Crippen molar-refractivity contribution in [1.29, 1.82) is 0 Å². The maximum absolute atomic E-state index is 14.2. The van der Waals surface area contributed by atoms with Gasteiger partial charge in [0.25, 0.3) is 5.91 Å². The van der Waals surface area contributed by atoms with Crippen molar-refractivity contribution in [2.24, 2.45) is 5.92 Å². The summed E-state index contributed by atoms with van der Waals surface area (Å²) in [5.41, 5.74) is 0.350. The van der Waals surface area contributed by atoms with Gasteiger partial charge in [0, 0.05) is 25.5 Å². The Hall–Kier alpha value is -2.67. The molecule has 0 aliphatic heterocycles. The van der Waals surface area contributed by atoms with Crippen LogP contribution in [-0.2, 0) is 6.54 Å². The minimum Gasteiger partial charge on any atom is -0.360 e. The van der Waals surface area contributed by atoms with Crippen LogP contribution < -0.4 is 5.32 Å². The molecule has 2 aromatic heterocycles. The predicted molar refractivity (Wildman–Crippen MR) is 100 cm³/mol. The molecule has 1 N–H and O–H groups in total. The fraction of sp³-hybridized carbons (Fsp3) is 0.316. The largest absolute Gasteiger partial charge is 0.360 e. The standard InChI is InChI=1S/C19H20ClFN4O2/c1-11(10-25-8-7-22-13(25)3)9-23-19(26)16-12(2)27-24-18(16)17-14(20)5-4-6-15(17)21/h4-8,11H,9-10H2,1-3H3,(H,23,26). The maximum atomic E-state index is 14.2. The average molecular weight is 391 g/mol. The van der Waals surface area contributed by atoms with Crippen LogP contribution >= 0.6 is 11.6 Å². The van der Waals surface area contributed by atoms with Gasteiger partial charge in [-0.2, -0.15) is 0 Å². The second-order valence-electron chi connectivity index (χ2n) is 6.50. The van der Waals surface area contributed by atoms with Crippen molar-refractivity contribution in [3.63, 3.8) is 0 Å². The van der Waals surface area contributed by atoms with Crippen molar-refractivity contribution >= 4 is 17.5 Å². The third kappa shape index (κ3) is 4.03. The number of carbonyl (C=O) groups excluding carboxylic acids is 1. The summed E-state index contributed by atoms with van der Waals surface area (Å²) in [5, 5.41) is 6.89. The van der Waals surface area contributed by atoms with E-state index in [9.17, 15) is 9.18 Å². The van der Waals surface area contributed by atoms with Gasteiger partial charge in [0.2, 0.25) is 0 Å². The fourth-order valence-corrected chi connectivity index (χ4v) is 3.14. The highest BCUT2D eigenvalue weighted by molar-refractivity contribution is 6.33. The Kier molecular flexibility index (Phi) is 5.60. The molecule has 8 heteroatoms. The number of nitrogens with one attached hydrogen (secondary N) is 1. The number of hydrogen-bond acceptors (Lipinski definition) is 4. The molecular weight excluding hydrogens is 371 g/mol. The second-order valence-corrected chi connectivity index (χ2v) is 6.91. The summed E-state index contributed by atoms with van der Waals surface area (Å²) in [6.45, 7) is 6.72. The van der Waals surface area contributed by atoms with Gasteiger partial charge in [-0.3, -0.25) is 4.79 Å². The van der Waals surface area contributed by atoms with Crippen LogP contribution in [0.4, 0.5) is 4.39 Å². The van der Waals surface area contributed by atoms with E-state index in [2.05, 4.69) is 15.5 Å². The van der Waals surface area contributed by atoms with Crippen LogP contribution in [0.2, 0.25) is 5.02 Å². The number of nitrogens with zero attached hydrogens (tertiary/aromatic N) is 3. The number of aromatic nitrogens is 3. The topological polar surface area (TPSA) is 73.0 Å². The molecular formula is C19H20ClFN4O2. The smallest absolute Gasteiger partial charge is 0.257 e. The first kappa shape index (κ1) is 19.1. The minimum atomic E-state index is -0.561. The summed E-state index contributed by atoms with van der Waals surface area (Å²) >= 11 is 6.11. The lowest BCUT2D eigenvalue weighted by atomic mass is 10.0. The summed E-state index contributed by atoms with van der Waals surface area (Å²) in [6, 6.07) is 4.30. The first-order chi connectivity index (χ1) is 12.9. The molecule has 1 unspecified atom stereocenters. The number of imidazole rings is 1. The number of aryl methyl sites for hydroxylation is 2. The highest BCUT2D eigenvalue weighted by Gasteiger charge is 2.25. The van der Waals surface area contributed by atoms with Crippen LogP contribution in [0.3, 0.4) is 0 Å². The van der Waals surface area contributed by atoms with Gasteiger partial charge in [0.15, 0.2) is 0 Å². The molecule has 0 aliphatic rings. The number of amides is 1. The van der Waals surface area contributed by atoms with E-state index in [1.165, 1.54) is 12.1 Å².